The molecule has 3 heteroatoms. The Hall–Kier alpha value is -0.180. The first-order chi connectivity index (χ1) is 5.34. The number of hydrogen-bond acceptors (Lipinski definition) is 2. The van der Waals surface area contributed by atoms with E-state index >= 15 is 0 Å². The molecule has 0 aromatic heterocycles. The van der Waals surface area contributed by atoms with Crippen molar-refractivity contribution in [3.8, 4) is 0 Å². The summed E-state index contributed by atoms with van der Waals surface area (Å²) >= 11 is 1.65. The van der Waals surface area contributed by atoms with Crippen molar-refractivity contribution >= 4 is 16.9 Å². The largest absolute Gasteiger partial charge is 0.352 e. The lowest BCUT2D eigenvalue weighted by atomic mass is 10.1. The average molecular weight is 172 g/mol. The highest BCUT2D eigenvalue weighted by Gasteiger charge is 2.12. The molecule has 0 bridgehead atoms. The van der Waals surface area contributed by atoms with E-state index in [0.29, 0.717) is 0 Å². The molecule has 64 valence electrons. The summed E-state index contributed by atoms with van der Waals surface area (Å²) in [7, 11) is 0. The van der Waals surface area contributed by atoms with Gasteiger partial charge in [-0.3, -0.25) is 5.41 Å². The van der Waals surface area contributed by atoms with Crippen LogP contribution in [0.3, 0.4) is 0 Å². The molecule has 0 radical (unpaired) electrons. The van der Waals surface area contributed by atoms with Crippen molar-refractivity contribution in [2.45, 2.75) is 26.2 Å². The number of rotatable bonds is 1. The van der Waals surface area contributed by atoms with Gasteiger partial charge in [0.15, 0.2) is 5.17 Å². The van der Waals surface area contributed by atoms with Gasteiger partial charge in [0, 0.05) is 13.1 Å². The van der Waals surface area contributed by atoms with Gasteiger partial charge in [0.2, 0.25) is 0 Å². The van der Waals surface area contributed by atoms with Gasteiger partial charge in [-0.05, 0) is 25.0 Å². The first-order valence-corrected chi connectivity index (χ1v) is 5.29. The Morgan fingerprint density at radius 3 is 2.55 bits per heavy atom. The van der Waals surface area contributed by atoms with Crippen LogP contribution < -0.4 is 0 Å². The Labute approximate surface area is 72.9 Å². The summed E-state index contributed by atoms with van der Waals surface area (Å²) in [6, 6.07) is 0. The normalized spacial score (nSPS) is 18.5. The second-order valence-corrected chi connectivity index (χ2v) is 4.04. The predicted octanol–water partition coefficient (Wildman–Crippen LogP) is 2.16. The molecule has 0 atom stereocenters. The highest BCUT2D eigenvalue weighted by molar-refractivity contribution is 8.13. The topological polar surface area (TPSA) is 27.1 Å². The summed E-state index contributed by atoms with van der Waals surface area (Å²) in [5.41, 5.74) is 0. The maximum atomic E-state index is 7.67. The van der Waals surface area contributed by atoms with Crippen molar-refractivity contribution in [3.63, 3.8) is 0 Å². The van der Waals surface area contributed by atoms with Gasteiger partial charge in [-0.15, -0.1) is 0 Å². The van der Waals surface area contributed by atoms with E-state index in [0.717, 1.165) is 24.0 Å². The van der Waals surface area contributed by atoms with E-state index in [2.05, 4.69) is 11.8 Å². The number of thioether (sulfide) groups is 1. The summed E-state index contributed by atoms with van der Waals surface area (Å²) < 4.78 is 0. The molecule has 0 aromatic rings. The minimum Gasteiger partial charge on any atom is -0.352 e. The lowest BCUT2D eigenvalue weighted by molar-refractivity contribution is 0.346. The highest BCUT2D eigenvalue weighted by atomic mass is 32.2. The standard InChI is InChI=1S/C8H16N2S/c1-2-11-8(9)10-6-4-3-5-7-10/h9H,2-7H2,1H3. The van der Waals surface area contributed by atoms with Crippen LogP contribution in [0.1, 0.15) is 26.2 Å². The number of likely N-dealkylation sites (tertiary alicyclic amines) is 1. The molecule has 11 heavy (non-hydrogen) atoms. The fraction of sp³-hybridized carbons (Fsp3) is 0.875. The third-order valence-electron chi connectivity index (χ3n) is 1.92. The third kappa shape index (κ3) is 2.73. The molecule has 1 fully saturated rings. The third-order valence-corrected chi connectivity index (χ3v) is 2.74. The lowest BCUT2D eigenvalue weighted by Gasteiger charge is -2.28. The first kappa shape index (κ1) is 8.91. The number of hydrogen-bond donors (Lipinski definition) is 1. The monoisotopic (exact) mass is 172 g/mol. The van der Waals surface area contributed by atoms with Crippen LogP contribution in [0.5, 0.6) is 0 Å². The van der Waals surface area contributed by atoms with E-state index in [1.807, 2.05) is 0 Å². The van der Waals surface area contributed by atoms with Gasteiger partial charge in [0.1, 0.15) is 0 Å². The fourth-order valence-electron chi connectivity index (χ4n) is 1.33. The molecule has 1 saturated heterocycles. The molecule has 1 aliphatic rings. The van der Waals surface area contributed by atoms with E-state index in [9.17, 15) is 0 Å². The van der Waals surface area contributed by atoms with Crippen LogP contribution in [0.2, 0.25) is 0 Å². The van der Waals surface area contributed by atoms with Crippen molar-refractivity contribution in [1.82, 2.24) is 4.90 Å². The van der Waals surface area contributed by atoms with Gasteiger partial charge >= 0.3 is 0 Å². The van der Waals surface area contributed by atoms with Gasteiger partial charge in [-0.2, -0.15) is 0 Å². The zero-order valence-electron chi connectivity index (χ0n) is 7.10. The molecule has 1 N–H and O–H groups in total. The SMILES string of the molecule is CCSC(=N)N1CCCCC1. The van der Waals surface area contributed by atoms with Crippen LogP contribution in [-0.4, -0.2) is 28.9 Å². The molecule has 0 spiro atoms. The molecule has 0 aromatic carbocycles. The average Bonchev–Trinajstić information content (AvgIpc) is 2.07. The molecule has 1 aliphatic heterocycles. The molecule has 0 saturated carbocycles. The van der Waals surface area contributed by atoms with Crippen LogP contribution in [0.4, 0.5) is 0 Å². The van der Waals surface area contributed by atoms with E-state index in [4.69, 9.17) is 5.41 Å². The molecule has 0 unspecified atom stereocenters. The minimum atomic E-state index is 0.771. The van der Waals surface area contributed by atoms with Gasteiger partial charge < -0.3 is 4.90 Å². The van der Waals surface area contributed by atoms with Crippen molar-refractivity contribution in [3.05, 3.63) is 0 Å². The first-order valence-electron chi connectivity index (χ1n) is 4.31. The maximum Gasteiger partial charge on any atom is 0.156 e. The number of amidine groups is 1. The Bertz CT molecular complexity index is 130. The van der Waals surface area contributed by atoms with E-state index in [-0.39, 0.29) is 0 Å². The molecular weight excluding hydrogens is 156 g/mol. The summed E-state index contributed by atoms with van der Waals surface area (Å²) in [6.45, 7) is 4.31. The van der Waals surface area contributed by atoms with Gasteiger partial charge in [-0.1, -0.05) is 18.7 Å². The highest BCUT2D eigenvalue weighted by Crippen LogP contribution is 2.14. The quantitative estimate of drug-likeness (QED) is 0.485. The van der Waals surface area contributed by atoms with E-state index in [1.54, 1.807) is 11.8 Å². The van der Waals surface area contributed by atoms with E-state index in [1.165, 1.54) is 19.3 Å². The second kappa shape index (κ2) is 4.65. The Balaban J connectivity index is 2.27. The van der Waals surface area contributed by atoms with Crippen LogP contribution in [0.25, 0.3) is 0 Å². The zero-order valence-corrected chi connectivity index (χ0v) is 7.91. The number of nitrogens with one attached hydrogen (secondary N) is 1. The predicted molar refractivity (Wildman–Crippen MR) is 51.3 cm³/mol. The Morgan fingerprint density at radius 1 is 1.36 bits per heavy atom. The Kier molecular flexibility index (Phi) is 3.77. The van der Waals surface area contributed by atoms with Crippen LogP contribution in [0, 0.1) is 5.41 Å². The summed E-state index contributed by atoms with van der Waals surface area (Å²) in [4.78, 5) is 2.19. The molecule has 0 amide bonds. The molecule has 1 rings (SSSR count). The summed E-state index contributed by atoms with van der Waals surface area (Å²) in [6.07, 6.45) is 3.89. The lowest BCUT2D eigenvalue weighted by Crippen LogP contribution is -2.33. The van der Waals surface area contributed by atoms with Crippen LogP contribution in [0.15, 0.2) is 0 Å². The van der Waals surface area contributed by atoms with Crippen LogP contribution in [-0.2, 0) is 0 Å². The zero-order chi connectivity index (χ0) is 8.10. The number of nitrogens with zero attached hydrogens (tertiary/aromatic N) is 1. The van der Waals surface area contributed by atoms with Crippen molar-refractivity contribution < 1.29 is 0 Å². The van der Waals surface area contributed by atoms with Gasteiger partial charge in [-0.25, -0.2) is 0 Å². The fourth-order valence-corrected chi connectivity index (χ4v) is 1.96. The second-order valence-electron chi connectivity index (χ2n) is 2.79. The van der Waals surface area contributed by atoms with Crippen molar-refractivity contribution in [2.75, 3.05) is 18.8 Å². The van der Waals surface area contributed by atoms with E-state index < -0.39 is 0 Å². The van der Waals surface area contributed by atoms with Crippen molar-refractivity contribution in [1.29, 1.82) is 5.41 Å². The summed E-state index contributed by atoms with van der Waals surface area (Å²) in [5, 5.41) is 8.44. The molecular formula is C8H16N2S. The molecule has 2 nitrogen and oxygen atoms in total. The molecule has 0 aliphatic carbocycles. The summed E-state index contributed by atoms with van der Waals surface area (Å²) in [5.74, 6) is 1.02. The minimum absolute atomic E-state index is 0.771. The smallest absolute Gasteiger partial charge is 0.156 e. The number of piperidine rings is 1. The molecule has 1 heterocycles. The Morgan fingerprint density at radius 2 is 2.00 bits per heavy atom. The van der Waals surface area contributed by atoms with Gasteiger partial charge in [0.25, 0.3) is 0 Å². The van der Waals surface area contributed by atoms with Crippen LogP contribution >= 0.6 is 11.8 Å². The maximum absolute atomic E-state index is 7.67. The van der Waals surface area contributed by atoms with Crippen molar-refractivity contribution in [2.24, 2.45) is 0 Å². The van der Waals surface area contributed by atoms with Gasteiger partial charge in [0.05, 0.1) is 0 Å².